The largest absolute Gasteiger partial charge is 0.497 e. The van der Waals surface area contributed by atoms with Crippen molar-refractivity contribution in [3.63, 3.8) is 0 Å². The molecule has 2 aliphatic heterocycles. The lowest BCUT2D eigenvalue weighted by molar-refractivity contribution is -0.119. The third-order valence-electron chi connectivity index (χ3n) is 4.25. The van der Waals surface area contributed by atoms with E-state index in [9.17, 15) is 13.2 Å². The molecule has 2 aliphatic rings. The second-order valence-corrected chi connectivity index (χ2v) is 7.53. The van der Waals surface area contributed by atoms with Crippen LogP contribution in [0.2, 0.25) is 0 Å². The smallest absolute Gasteiger partial charge is 0.243 e. The van der Waals surface area contributed by atoms with Crippen LogP contribution in [0.5, 0.6) is 5.75 Å². The van der Waals surface area contributed by atoms with E-state index in [1.807, 2.05) is 0 Å². The van der Waals surface area contributed by atoms with Crippen LogP contribution in [0.25, 0.3) is 0 Å². The molecule has 1 N–H and O–H groups in total. The van der Waals surface area contributed by atoms with Crippen LogP contribution >= 0.6 is 0 Å². The zero-order chi connectivity index (χ0) is 15.1. The Hall–Kier alpha value is -1.60. The van der Waals surface area contributed by atoms with Crippen molar-refractivity contribution in [1.82, 2.24) is 9.62 Å². The van der Waals surface area contributed by atoms with E-state index in [-0.39, 0.29) is 16.3 Å². The number of nitrogens with one attached hydrogen (secondary N) is 1. The molecule has 21 heavy (non-hydrogen) atoms. The first-order chi connectivity index (χ1) is 9.95. The molecule has 114 valence electrons. The molecule has 2 saturated heterocycles. The normalized spacial score (nSPS) is 26.2. The molecule has 2 fully saturated rings. The van der Waals surface area contributed by atoms with Crippen molar-refractivity contribution in [3.8, 4) is 5.75 Å². The zero-order valence-electron chi connectivity index (χ0n) is 11.8. The minimum absolute atomic E-state index is 0.0127. The highest BCUT2D eigenvalue weighted by molar-refractivity contribution is 7.89. The average Bonchev–Trinajstić information content (AvgIpc) is 3.06. The van der Waals surface area contributed by atoms with Gasteiger partial charge in [-0.3, -0.25) is 4.79 Å². The molecule has 1 amide bonds. The molecule has 0 aromatic heterocycles. The number of benzene rings is 1. The van der Waals surface area contributed by atoms with E-state index in [0.717, 1.165) is 0 Å². The van der Waals surface area contributed by atoms with Gasteiger partial charge in [-0.1, -0.05) is 0 Å². The van der Waals surface area contributed by atoms with E-state index >= 15 is 0 Å². The van der Waals surface area contributed by atoms with E-state index in [1.54, 1.807) is 24.3 Å². The van der Waals surface area contributed by atoms with Gasteiger partial charge in [-0.05, 0) is 37.1 Å². The number of hydrogen-bond acceptors (Lipinski definition) is 4. The SMILES string of the molecule is COc1ccc(S(=O)(=O)N2CCC3(CCC(=O)N3)C2)cc1. The standard InChI is InChI=1S/C14H18N2O4S/c1-20-11-2-4-12(5-3-11)21(18,19)16-9-8-14(10-16)7-6-13(17)15-14/h2-5H,6-10H2,1H3,(H,15,17). The van der Waals surface area contributed by atoms with Gasteiger partial charge in [0.1, 0.15) is 5.75 Å². The third kappa shape index (κ3) is 2.51. The van der Waals surface area contributed by atoms with Crippen molar-refractivity contribution < 1.29 is 17.9 Å². The summed E-state index contributed by atoms with van der Waals surface area (Å²) in [7, 11) is -1.98. The van der Waals surface area contributed by atoms with Gasteiger partial charge in [0.2, 0.25) is 15.9 Å². The lowest BCUT2D eigenvalue weighted by Gasteiger charge is -2.23. The van der Waals surface area contributed by atoms with Crippen LogP contribution in [0, 0.1) is 0 Å². The molecule has 7 heteroatoms. The number of carbonyl (C=O) groups excluding carboxylic acids is 1. The Morgan fingerprint density at radius 3 is 2.52 bits per heavy atom. The molecule has 1 aromatic rings. The molecule has 0 aliphatic carbocycles. The number of hydrogen-bond donors (Lipinski definition) is 1. The molecule has 2 heterocycles. The lowest BCUT2D eigenvalue weighted by Crippen LogP contribution is -2.44. The number of rotatable bonds is 3. The Balaban J connectivity index is 1.81. The van der Waals surface area contributed by atoms with E-state index in [1.165, 1.54) is 11.4 Å². The second kappa shape index (κ2) is 4.99. The van der Waals surface area contributed by atoms with Crippen molar-refractivity contribution in [2.24, 2.45) is 0 Å². The van der Waals surface area contributed by atoms with Gasteiger partial charge in [-0.25, -0.2) is 8.42 Å². The van der Waals surface area contributed by atoms with Gasteiger partial charge in [-0.15, -0.1) is 0 Å². The maximum atomic E-state index is 12.6. The molecule has 1 unspecified atom stereocenters. The second-order valence-electron chi connectivity index (χ2n) is 5.59. The summed E-state index contributed by atoms with van der Waals surface area (Å²) in [4.78, 5) is 11.7. The molecular weight excluding hydrogens is 292 g/mol. The topological polar surface area (TPSA) is 75.7 Å². The lowest BCUT2D eigenvalue weighted by atomic mass is 9.97. The van der Waals surface area contributed by atoms with E-state index in [0.29, 0.717) is 38.1 Å². The van der Waals surface area contributed by atoms with Crippen LogP contribution in [-0.4, -0.2) is 44.4 Å². The summed E-state index contributed by atoms with van der Waals surface area (Å²) in [5, 5.41) is 2.94. The predicted octanol–water partition coefficient (Wildman–Crippen LogP) is 0.738. The fourth-order valence-corrected chi connectivity index (χ4v) is 4.54. The number of methoxy groups -OCH3 is 1. The number of sulfonamides is 1. The van der Waals surface area contributed by atoms with Gasteiger partial charge >= 0.3 is 0 Å². The highest BCUT2D eigenvalue weighted by Gasteiger charge is 2.46. The third-order valence-corrected chi connectivity index (χ3v) is 6.11. The van der Waals surface area contributed by atoms with Crippen molar-refractivity contribution in [2.75, 3.05) is 20.2 Å². The Bertz CT molecular complexity index is 656. The van der Waals surface area contributed by atoms with Gasteiger partial charge in [0, 0.05) is 19.5 Å². The Morgan fingerprint density at radius 2 is 1.95 bits per heavy atom. The van der Waals surface area contributed by atoms with E-state index in [2.05, 4.69) is 5.32 Å². The summed E-state index contributed by atoms with van der Waals surface area (Å²) in [6, 6.07) is 6.37. The molecule has 6 nitrogen and oxygen atoms in total. The van der Waals surface area contributed by atoms with Gasteiger partial charge in [-0.2, -0.15) is 4.31 Å². The first-order valence-corrected chi connectivity index (χ1v) is 8.34. The highest BCUT2D eigenvalue weighted by Crippen LogP contribution is 2.33. The fraction of sp³-hybridized carbons (Fsp3) is 0.500. The molecule has 0 saturated carbocycles. The van der Waals surface area contributed by atoms with Gasteiger partial charge in [0.25, 0.3) is 0 Å². The molecule has 0 bridgehead atoms. The molecule has 1 atom stereocenters. The molecular formula is C14H18N2O4S. The average molecular weight is 310 g/mol. The van der Waals surface area contributed by atoms with Crippen LogP contribution < -0.4 is 10.1 Å². The van der Waals surface area contributed by atoms with Crippen LogP contribution in [0.1, 0.15) is 19.3 Å². The fourth-order valence-electron chi connectivity index (χ4n) is 3.02. The molecule has 3 rings (SSSR count). The van der Waals surface area contributed by atoms with Crippen molar-refractivity contribution >= 4 is 15.9 Å². The molecule has 0 radical (unpaired) electrons. The number of nitrogens with zero attached hydrogens (tertiary/aromatic N) is 1. The maximum Gasteiger partial charge on any atom is 0.243 e. The summed E-state index contributed by atoms with van der Waals surface area (Å²) >= 11 is 0. The summed E-state index contributed by atoms with van der Waals surface area (Å²) in [6.07, 6.45) is 1.87. The van der Waals surface area contributed by atoms with Gasteiger partial charge < -0.3 is 10.1 Å². The van der Waals surface area contributed by atoms with Crippen molar-refractivity contribution in [3.05, 3.63) is 24.3 Å². The van der Waals surface area contributed by atoms with Crippen LogP contribution in [0.15, 0.2) is 29.2 Å². The van der Waals surface area contributed by atoms with E-state index < -0.39 is 10.0 Å². The van der Waals surface area contributed by atoms with E-state index in [4.69, 9.17) is 4.74 Å². The zero-order valence-corrected chi connectivity index (χ0v) is 12.6. The maximum absolute atomic E-state index is 12.6. The van der Waals surface area contributed by atoms with Crippen LogP contribution in [-0.2, 0) is 14.8 Å². The summed E-state index contributed by atoms with van der Waals surface area (Å²) in [5.41, 5.74) is -0.364. The number of ether oxygens (including phenoxy) is 1. The number of amides is 1. The summed E-state index contributed by atoms with van der Waals surface area (Å²) < 4.78 is 31.8. The minimum atomic E-state index is -3.52. The van der Waals surface area contributed by atoms with Crippen LogP contribution in [0.3, 0.4) is 0 Å². The highest BCUT2D eigenvalue weighted by atomic mass is 32.2. The van der Waals surface area contributed by atoms with Crippen molar-refractivity contribution in [2.45, 2.75) is 29.7 Å². The predicted molar refractivity (Wildman–Crippen MR) is 76.5 cm³/mol. The Kier molecular flexibility index (Phi) is 3.41. The van der Waals surface area contributed by atoms with Crippen LogP contribution in [0.4, 0.5) is 0 Å². The quantitative estimate of drug-likeness (QED) is 0.893. The molecule has 1 aromatic carbocycles. The summed E-state index contributed by atoms with van der Waals surface area (Å²) in [6.45, 7) is 0.793. The van der Waals surface area contributed by atoms with Gasteiger partial charge in [0.05, 0.1) is 17.5 Å². The monoisotopic (exact) mass is 310 g/mol. The Labute approximate surface area is 124 Å². The van der Waals surface area contributed by atoms with Crippen molar-refractivity contribution in [1.29, 1.82) is 0 Å². The first kappa shape index (κ1) is 14.3. The molecule has 1 spiro atoms. The first-order valence-electron chi connectivity index (χ1n) is 6.90. The number of carbonyl (C=O) groups is 1. The summed E-state index contributed by atoms with van der Waals surface area (Å²) in [5.74, 6) is 0.633. The minimum Gasteiger partial charge on any atom is -0.497 e. The Morgan fingerprint density at radius 1 is 1.24 bits per heavy atom. The van der Waals surface area contributed by atoms with Gasteiger partial charge in [0.15, 0.2) is 0 Å².